The second kappa shape index (κ2) is 20.1. The van der Waals surface area contributed by atoms with E-state index in [0.717, 1.165) is 69.5 Å². The van der Waals surface area contributed by atoms with Gasteiger partial charge in [0.15, 0.2) is 0 Å². The van der Waals surface area contributed by atoms with E-state index < -0.39 is 0 Å². The van der Waals surface area contributed by atoms with Crippen LogP contribution in [0.25, 0.3) is 5.57 Å². The first-order valence-electron chi connectivity index (χ1n) is 15.5. The van der Waals surface area contributed by atoms with E-state index in [0.29, 0.717) is 0 Å². The van der Waals surface area contributed by atoms with Gasteiger partial charge in [0.2, 0.25) is 0 Å². The fourth-order valence-corrected chi connectivity index (χ4v) is 6.73. The van der Waals surface area contributed by atoms with E-state index >= 15 is 0 Å². The predicted molar refractivity (Wildman–Crippen MR) is 195 cm³/mol. The monoisotopic (exact) mass is 612 g/mol. The Morgan fingerprint density at radius 1 is 0.550 bits per heavy atom. The standard InChI is InChI=1S/C36H52S4/c1-27(2)19-11-5-7-17-25-31(37)34(36(40)32(38)26-18-8-6-12-20-28(3)4)33(29-21-13-9-14-22-29)35(39)30-23-15-10-16-24-30/h9-10,13-16,21-24,27-28,31-32,37-38H,5-8,11-12,17-20,25-26H2,1-4H3. The quantitative estimate of drug-likeness (QED) is 0.0502. The summed E-state index contributed by atoms with van der Waals surface area (Å²) in [5.74, 6) is 1.56. The number of allylic oxidation sites excluding steroid dienone is 1. The lowest BCUT2D eigenvalue weighted by Crippen LogP contribution is -2.24. The van der Waals surface area contributed by atoms with Crippen molar-refractivity contribution in [2.24, 2.45) is 11.8 Å². The Bertz CT molecular complexity index is 1020. The minimum atomic E-state index is 0.0214. The summed E-state index contributed by atoms with van der Waals surface area (Å²) < 4.78 is 0. The van der Waals surface area contributed by atoms with Gasteiger partial charge in [0.05, 0.1) is 4.86 Å². The van der Waals surface area contributed by atoms with Gasteiger partial charge in [-0.15, -0.1) is 0 Å². The molecule has 2 aromatic carbocycles. The summed E-state index contributed by atoms with van der Waals surface area (Å²) in [5, 5.41) is 0.0447. The molecule has 0 saturated heterocycles. The molecule has 220 valence electrons. The van der Waals surface area contributed by atoms with Gasteiger partial charge in [0, 0.05) is 20.9 Å². The van der Waals surface area contributed by atoms with E-state index in [1.165, 1.54) is 51.4 Å². The lowest BCUT2D eigenvalue weighted by Gasteiger charge is -2.25. The highest BCUT2D eigenvalue weighted by atomic mass is 32.1. The molecule has 40 heavy (non-hydrogen) atoms. The van der Waals surface area contributed by atoms with Crippen LogP contribution in [0.5, 0.6) is 0 Å². The van der Waals surface area contributed by atoms with Gasteiger partial charge in [-0.2, -0.15) is 25.3 Å². The van der Waals surface area contributed by atoms with Crippen LogP contribution in [0, 0.1) is 11.8 Å². The molecular formula is C36H52S4. The van der Waals surface area contributed by atoms with Crippen LogP contribution in [0.2, 0.25) is 0 Å². The molecule has 2 atom stereocenters. The molecule has 2 rings (SSSR count). The zero-order valence-corrected chi connectivity index (χ0v) is 28.7. The normalized spacial score (nSPS) is 13.8. The van der Waals surface area contributed by atoms with Crippen molar-refractivity contribution in [3.8, 4) is 0 Å². The Labute approximate surface area is 268 Å². The minimum absolute atomic E-state index is 0.0214. The van der Waals surface area contributed by atoms with Crippen LogP contribution in [-0.4, -0.2) is 20.2 Å². The summed E-state index contributed by atoms with van der Waals surface area (Å²) in [6.45, 7) is 9.23. The molecule has 0 radical (unpaired) electrons. The van der Waals surface area contributed by atoms with Gasteiger partial charge >= 0.3 is 0 Å². The summed E-state index contributed by atoms with van der Waals surface area (Å²) >= 11 is 22.8. The van der Waals surface area contributed by atoms with Gasteiger partial charge < -0.3 is 0 Å². The molecular weight excluding hydrogens is 561 g/mol. The van der Waals surface area contributed by atoms with Crippen molar-refractivity contribution in [1.29, 1.82) is 0 Å². The molecule has 4 heteroatoms. The first-order valence-corrected chi connectivity index (χ1v) is 17.4. The molecule has 0 saturated carbocycles. The first kappa shape index (κ1) is 35.3. The summed E-state index contributed by atoms with van der Waals surface area (Å²) in [6.07, 6.45) is 14.5. The Kier molecular flexibility index (Phi) is 17.7. The third kappa shape index (κ3) is 12.9. The maximum absolute atomic E-state index is 6.26. The Hall–Kier alpha value is -0.940. The molecule has 0 amide bonds. The summed E-state index contributed by atoms with van der Waals surface area (Å²) in [6, 6.07) is 20.9. The highest BCUT2D eigenvalue weighted by Gasteiger charge is 2.26. The van der Waals surface area contributed by atoms with Crippen LogP contribution in [0.1, 0.15) is 116 Å². The molecule has 0 fully saturated rings. The average Bonchev–Trinajstić information content (AvgIpc) is 2.95. The molecule has 0 aliphatic rings. The lowest BCUT2D eigenvalue weighted by molar-refractivity contribution is 0.516. The number of hydrogen-bond donors (Lipinski definition) is 2. The van der Waals surface area contributed by atoms with Gasteiger partial charge in [0.25, 0.3) is 0 Å². The number of unbranched alkanes of at least 4 members (excludes halogenated alkanes) is 6. The van der Waals surface area contributed by atoms with Crippen molar-refractivity contribution in [1.82, 2.24) is 0 Å². The van der Waals surface area contributed by atoms with Crippen LogP contribution in [0.4, 0.5) is 0 Å². The topological polar surface area (TPSA) is 0 Å². The molecule has 0 heterocycles. The van der Waals surface area contributed by atoms with Crippen molar-refractivity contribution in [3.63, 3.8) is 0 Å². The highest BCUT2D eigenvalue weighted by molar-refractivity contribution is 7.87. The van der Waals surface area contributed by atoms with Gasteiger partial charge in [-0.05, 0) is 41.4 Å². The molecule has 0 bridgehead atoms. The van der Waals surface area contributed by atoms with Crippen molar-refractivity contribution >= 4 is 65.0 Å². The number of hydrogen-bond acceptors (Lipinski definition) is 4. The third-order valence-electron chi connectivity index (χ3n) is 7.51. The minimum Gasteiger partial charge on any atom is -0.171 e. The second-order valence-electron chi connectivity index (χ2n) is 12.0. The maximum Gasteiger partial charge on any atom is 0.0531 e. The third-order valence-corrected chi connectivity index (χ3v) is 9.67. The van der Waals surface area contributed by atoms with Crippen LogP contribution < -0.4 is 0 Å². The van der Waals surface area contributed by atoms with E-state index in [9.17, 15) is 0 Å². The van der Waals surface area contributed by atoms with Gasteiger partial charge in [0.1, 0.15) is 0 Å². The molecule has 0 aliphatic heterocycles. The van der Waals surface area contributed by atoms with Crippen molar-refractivity contribution in [2.45, 2.75) is 115 Å². The highest BCUT2D eigenvalue weighted by Crippen LogP contribution is 2.34. The zero-order valence-electron chi connectivity index (χ0n) is 25.3. The molecule has 0 N–H and O–H groups in total. The lowest BCUT2D eigenvalue weighted by atomic mass is 9.87. The number of rotatable bonds is 20. The van der Waals surface area contributed by atoms with E-state index in [-0.39, 0.29) is 10.5 Å². The fraction of sp³-hybridized carbons (Fsp3) is 0.556. The fourth-order valence-electron chi connectivity index (χ4n) is 5.14. The average molecular weight is 613 g/mol. The first-order chi connectivity index (χ1) is 19.2. The van der Waals surface area contributed by atoms with Crippen molar-refractivity contribution < 1.29 is 0 Å². The van der Waals surface area contributed by atoms with Crippen LogP contribution in [0.3, 0.4) is 0 Å². The SMILES string of the molecule is CC(C)CCCCCCC(S)C(=S)C(=C(C(=S)c1ccccc1)c1ccccc1)C(S)CCCCCCC(C)C. The summed E-state index contributed by atoms with van der Waals surface area (Å²) in [5.41, 5.74) is 4.33. The summed E-state index contributed by atoms with van der Waals surface area (Å²) in [4.78, 5) is 1.76. The molecule has 0 spiro atoms. The number of thiol groups is 2. The Morgan fingerprint density at radius 2 is 0.950 bits per heavy atom. The van der Waals surface area contributed by atoms with Crippen molar-refractivity contribution in [2.75, 3.05) is 0 Å². The molecule has 2 aromatic rings. The number of thiocarbonyl (C=S) groups is 2. The maximum atomic E-state index is 6.26. The smallest absolute Gasteiger partial charge is 0.0531 e. The molecule has 0 nitrogen and oxygen atoms in total. The predicted octanol–water partition coefficient (Wildman–Crippen LogP) is 11.8. The van der Waals surface area contributed by atoms with E-state index in [1.54, 1.807) is 0 Å². The van der Waals surface area contributed by atoms with Crippen LogP contribution in [-0.2, 0) is 0 Å². The molecule has 0 aromatic heterocycles. The largest absolute Gasteiger partial charge is 0.171 e. The van der Waals surface area contributed by atoms with Gasteiger partial charge in [-0.1, -0.05) is 177 Å². The van der Waals surface area contributed by atoms with E-state index in [2.05, 4.69) is 82.3 Å². The molecule has 0 aliphatic carbocycles. The second-order valence-corrected chi connectivity index (χ2v) is 14.1. The van der Waals surface area contributed by atoms with E-state index in [1.807, 2.05) is 6.07 Å². The Balaban J connectivity index is 2.32. The van der Waals surface area contributed by atoms with E-state index in [4.69, 9.17) is 49.7 Å². The Morgan fingerprint density at radius 3 is 1.40 bits per heavy atom. The van der Waals surface area contributed by atoms with Crippen LogP contribution >= 0.6 is 49.7 Å². The van der Waals surface area contributed by atoms with Crippen molar-refractivity contribution in [3.05, 3.63) is 77.4 Å². The summed E-state index contributed by atoms with van der Waals surface area (Å²) in [7, 11) is 0. The zero-order chi connectivity index (χ0) is 29.3. The van der Waals surface area contributed by atoms with Gasteiger partial charge in [-0.25, -0.2) is 0 Å². The van der Waals surface area contributed by atoms with Gasteiger partial charge in [-0.3, -0.25) is 0 Å². The van der Waals surface area contributed by atoms with Crippen LogP contribution in [0.15, 0.2) is 66.2 Å². The number of benzene rings is 2. The molecule has 2 unspecified atom stereocenters.